The molecule has 222 valence electrons. The molecule has 0 fully saturated rings. The van der Waals surface area contributed by atoms with E-state index in [1.165, 1.54) is 64.2 Å². The molecule has 0 heterocycles. The Morgan fingerprint density at radius 1 is 0.632 bits per heavy atom. The van der Waals surface area contributed by atoms with Gasteiger partial charge in [0.2, 0.25) is 0 Å². The minimum atomic E-state index is -1.18. The summed E-state index contributed by atoms with van der Waals surface area (Å²) in [7, 11) is 0. The van der Waals surface area contributed by atoms with E-state index in [-0.39, 0.29) is 24.1 Å². The Labute approximate surface area is 232 Å². The van der Waals surface area contributed by atoms with Crippen LogP contribution in [0.25, 0.3) is 0 Å². The summed E-state index contributed by atoms with van der Waals surface area (Å²) in [6.07, 6.45) is 22.7. The highest BCUT2D eigenvalue weighted by molar-refractivity contribution is 5.70. The molecule has 0 aliphatic rings. The Kier molecular flexibility index (Phi) is 20.9. The summed E-state index contributed by atoms with van der Waals surface area (Å²) in [4.78, 5) is 34.7. The lowest BCUT2D eigenvalue weighted by atomic mass is 10.00. The fourth-order valence-electron chi connectivity index (χ4n) is 5.41. The lowest BCUT2D eigenvalue weighted by Gasteiger charge is -2.43. The number of unbranched alkanes of at least 4 members (excludes halogenated alkanes) is 13. The monoisotopic (exact) mass is 539 g/mol. The van der Waals surface area contributed by atoms with Crippen molar-refractivity contribution in [1.29, 1.82) is 0 Å². The van der Waals surface area contributed by atoms with Crippen LogP contribution >= 0.6 is 0 Å². The number of carbonyl (C=O) groups excluding carboxylic acids is 1. The molecule has 3 unspecified atom stereocenters. The Morgan fingerprint density at radius 3 is 1.37 bits per heavy atom. The van der Waals surface area contributed by atoms with Gasteiger partial charge >= 0.3 is 11.9 Å². The second-order valence-electron chi connectivity index (χ2n) is 11.6. The third-order valence-electron chi connectivity index (χ3n) is 7.63. The van der Waals surface area contributed by atoms with Gasteiger partial charge in [0.25, 0.3) is 0 Å². The van der Waals surface area contributed by atoms with Crippen LogP contribution < -0.4 is 5.11 Å². The normalized spacial score (nSPS) is 15.7. The van der Waals surface area contributed by atoms with Crippen LogP contribution in [0.15, 0.2) is 12.2 Å². The van der Waals surface area contributed by atoms with Gasteiger partial charge < -0.3 is 24.6 Å². The Balaban J connectivity index is 4.40. The second kappa shape index (κ2) is 22.0. The first-order chi connectivity index (χ1) is 18.0. The standard InChI is InChI=1S/C31H57NO6/c1-5-6-7-8-9-10-11-12-13-14-15-16-17-18-19-20-21-22-32(23-26(2)29(33)34,24-27(3)30(35)36)25-28(4)31(37)38/h6-7,26-28H,5,8-25H2,1-4H3,(H2-,33,34,35,36,37,38)/b7-6+. The molecule has 0 saturated carbocycles. The summed E-state index contributed by atoms with van der Waals surface area (Å²) in [6.45, 7) is 8.17. The lowest BCUT2D eigenvalue weighted by Crippen LogP contribution is -2.58. The lowest BCUT2D eigenvalue weighted by molar-refractivity contribution is -0.934. The third-order valence-corrected chi connectivity index (χ3v) is 7.63. The van der Waals surface area contributed by atoms with Crippen molar-refractivity contribution in [3.63, 3.8) is 0 Å². The fraction of sp³-hybridized carbons (Fsp3) is 0.839. The molecule has 0 aromatic rings. The van der Waals surface area contributed by atoms with Crippen LogP contribution in [0.1, 0.15) is 124 Å². The molecule has 0 aromatic heterocycles. The van der Waals surface area contributed by atoms with E-state index in [0.29, 0.717) is 6.54 Å². The van der Waals surface area contributed by atoms with Crippen LogP contribution in [-0.2, 0) is 14.4 Å². The molecule has 0 aliphatic carbocycles. The van der Waals surface area contributed by atoms with E-state index >= 15 is 0 Å². The Bertz CT molecular complexity index is 622. The first kappa shape index (κ1) is 36.1. The molecule has 0 aromatic carbocycles. The van der Waals surface area contributed by atoms with Crippen molar-refractivity contribution in [2.45, 2.75) is 124 Å². The maximum atomic E-state index is 11.6. The van der Waals surface area contributed by atoms with E-state index in [0.717, 1.165) is 32.1 Å². The van der Waals surface area contributed by atoms with Crippen molar-refractivity contribution < 1.29 is 34.2 Å². The van der Waals surface area contributed by atoms with Gasteiger partial charge in [0, 0.05) is 11.9 Å². The summed E-state index contributed by atoms with van der Waals surface area (Å²) in [5.41, 5.74) is 0. The summed E-state index contributed by atoms with van der Waals surface area (Å²) >= 11 is 0. The molecule has 0 radical (unpaired) electrons. The van der Waals surface area contributed by atoms with Gasteiger partial charge in [-0.15, -0.1) is 0 Å². The molecule has 3 atom stereocenters. The highest BCUT2D eigenvalue weighted by Gasteiger charge is 2.36. The number of carboxylic acids is 3. The number of hydrogen-bond donors (Lipinski definition) is 2. The molecule has 0 saturated heterocycles. The summed E-state index contributed by atoms with van der Waals surface area (Å²) < 4.78 is 0.186. The Hall–Kier alpha value is -1.89. The molecule has 0 bridgehead atoms. The summed E-state index contributed by atoms with van der Waals surface area (Å²) in [6, 6.07) is 0. The summed E-state index contributed by atoms with van der Waals surface area (Å²) in [5, 5.41) is 30.5. The van der Waals surface area contributed by atoms with Gasteiger partial charge in [0.15, 0.2) is 0 Å². The number of nitrogens with zero attached hydrogens (tertiary/aromatic N) is 1. The number of aliphatic carboxylic acids is 3. The van der Waals surface area contributed by atoms with Crippen LogP contribution in [0.5, 0.6) is 0 Å². The van der Waals surface area contributed by atoms with E-state index in [1.807, 2.05) is 0 Å². The minimum Gasteiger partial charge on any atom is -0.550 e. The largest absolute Gasteiger partial charge is 0.550 e. The van der Waals surface area contributed by atoms with Gasteiger partial charge in [-0.1, -0.05) is 90.2 Å². The predicted molar refractivity (Wildman–Crippen MR) is 152 cm³/mol. The van der Waals surface area contributed by atoms with Crippen LogP contribution in [0.3, 0.4) is 0 Å². The second-order valence-corrected chi connectivity index (χ2v) is 11.6. The van der Waals surface area contributed by atoms with Crippen molar-refractivity contribution in [3.8, 4) is 0 Å². The summed E-state index contributed by atoms with van der Waals surface area (Å²) in [5.74, 6) is -5.23. The van der Waals surface area contributed by atoms with Gasteiger partial charge in [-0.25, -0.2) is 0 Å². The predicted octanol–water partition coefficient (Wildman–Crippen LogP) is 6.06. The average Bonchev–Trinajstić information content (AvgIpc) is 2.85. The van der Waals surface area contributed by atoms with Crippen LogP contribution in [0, 0.1) is 17.8 Å². The zero-order chi connectivity index (χ0) is 28.8. The molecule has 7 heteroatoms. The average molecular weight is 540 g/mol. The zero-order valence-corrected chi connectivity index (χ0v) is 24.8. The first-order valence-corrected chi connectivity index (χ1v) is 15.2. The number of carboxylic acid groups (broad SMARTS) is 3. The first-order valence-electron chi connectivity index (χ1n) is 15.2. The van der Waals surface area contributed by atoms with Crippen molar-refractivity contribution in [2.24, 2.45) is 17.8 Å². The third kappa shape index (κ3) is 18.4. The van der Waals surface area contributed by atoms with E-state index in [1.54, 1.807) is 20.8 Å². The van der Waals surface area contributed by atoms with Crippen molar-refractivity contribution in [3.05, 3.63) is 12.2 Å². The van der Waals surface area contributed by atoms with E-state index < -0.39 is 35.7 Å². The highest BCUT2D eigenvalue weighted by atomic mass is 16.4. The van der Waals surface area contributed by atoms with E-state index in [2.05, 4.69) is 19.1 Å². The number of hydrogen-bond acceptors (Lipinski definition) is 4. The molecular formula is C31H57NO6. The van der Waals surface area contributed by atoms with Crippen molar-refractivity contribution in [2.75, 3.05) is 26.2 Å². The molecule has 0 aliphatic heterocycles. The molecule has 2 N–H and O–H groups in total. The SMILES string of the molecule is CC/C=C/CCCCCCCCCCCCCCC[N+](CC(C)C(=O)[O-])(CC(C)C(=O)O)CC(C)C(=O)O. The highest BCUT2D eigenvalue weighted by Crippen LogP contribution is 2.22. The topological polar surface area (TPSA) is 115 Å². The number of quaternary nitrogens is 1. The molecule has 0 amide bonds. The maximum absolute atomic E-state index is 11.6. The molecular weight excluding hydrogens is 482 g/mol. The van der Waals surface area contributed by atoms with Crippen LogP contribution in [0.4, 0.5) is 0 Å². The fourth-order valence-corrected chi connectivity index (χ4v) is 5.41. The maximum Gasteiger partial charge on any atom is 0.311 e. The molecule has 38 heavy (non-hydrogen) atoms. The minimum absolute atomic E-state index is 0.186. The van der Waals surface area contributed by atoms with Gasteiger partial charge in [-0.2, -0.15) is 0 Å². The number of rotatable bonds is 26. The van der Waals surface area contributed by atoms with E-state index in [4.69, 9.17) is 0 Å². The zero-order valence-electron chi connectivity index (χ0n) is 24.8. The molecule has 0 rings (SSSR count). The number of allylic oxidation sites excluding steroid dienone is 2. The molecule has 0 spiro atoms. The number of carbonyl (C=O) groups is 3. The molecule has 7 nitrogen and oxygen atoms in total. The van der Waals surface area contributed by atoms with Crippen LogP contribution in [0.2, 0.25) is 0 Å². The van der Waals surface area contributed by atoms with Gasteiger partial charge in [-0.3, -0.25) is 9.59 Å². The van der Waals surface area contributed by atoms with Gasteiger partial charge in [0.1, 0.15) is 11.8 Å². The van der Waals surface area contributed by atoms with E-state index in [9.17, 15) is 29.7 Å². The van der Waals surface area contributed by atoms with Crippen molar-refractivity contribution in [1.82, 2.24) is 0 Å². The quantitative estimate of drug-likeness (QED) is 0.0784. The smallest absolute Gasteiger partial charge is 0.311 e. The van der Waals surface area contributed by atoms with Gasteiger partial charge in [-0.05, 0) is 46.0 Å². The van der Waals surface area contributed by atoms with Gasteiger partial charge in [0.05, 0.1) is 26.2 Å². The Morgan fingerprint density at radius 2 is 1.00 bits per heavy atom. The van der Waals surface area contributed by atoms with Crippen LogP contribution in [-0.4, -0.2) is 58.8 Å². The van der Waals surface area contributed by atoms with Crippen molar-refractivity contribution >= 4 is 17.9 Å².